The Morgan fingerprint density at radius 3 is 2.48 bits per heavy atom. The molecule has 152 valence electrons. The zero-order valence-corrected chi connectivity index (χ0v) is 18.7. The first-order valence-electron chi connectivity index (χ1n) is 9.54. The van der Waals surface area contributed by atoms with E-state index < -0.39 is 5.91 Å². The number of rotatable bonds is 5. The molecule has 0 unspecified atom stereocenters. The van der Waals surface area contributed by atoms with E-state index in [1.54, 1.807) is 30.3 Å². The molecule has 6 heteroatoms. The van der Waals surface area contributed by atoms with Gasteiger partial charge in [-0.05, 0) is 54.1 Å². The second-order valence-electron chi connectivity index (χ2n) is 6.99. The van der Waals surface area contributed by atoms with Gasteiger partial charge in [-0.15, -0.1) is 0 Å². The molecule has 0 spiro atoms. The lowest BCUT2D eigenvalue weighted by Crippen LogP contribution is -2.13. The Morgan fingerprint density at radius 1 is 1.06 bits per heavy atom. The first kappa shape index (κ1) is 20.9. The number of nitrogens with zero attached hydrogens (tertiary/aromatic N) is 2. The fourth-order valence-electron chi connectivity index (χ4n) is 3.34. The maximum Gasteiger partial charge on any atom is 0.266 e. The van der Waals surface area contributed by atoms with E-state index in [1.807, 2.05) is 48.7 Å². The summed E-state index contributed by atoms with van der Waals surface area (Å²) < 4.78 is 3.15. The largest absolute Gasteiger partial charge is 0.342 e. The zero-order chi connectivity index (χ0) is 21.8. The van der Waals surface area contributed by atoms with Gasteiger partial charge in [0.05, 0.1) is 0 Å². The molecule has 31 heavy (non-hydrogen) atoms. The van der Waals surface area contributed by atoms with Crippen LogP contribution in [0.4, 0.5) is 5.69 Å². The second-order valence-corrected chi connectivity index (χ2v) is 8.34. The first-order chi connectivity index (χ1) is 15.0. The van der Waals surface area contributed by atoms with E-state index in [0.29, 0.717) is 17.3 Å². The van der Waals surface area contributed by atoms with Crippen LogP contribution < -0.4 is 5.32 Å². The summed E-state index contributed by atoms with van der Waals surface area (Å²) in [5.74, 6) is -0.463. The maximum atomic E-state index is 12.7. The molecular formula is C25H17BrClN3O. The van der Waals surface area contributed by atoms with Crippen molar-refractivity contribution < 1.29 is 4.79 Å². The molecule has 1 heterocycles. The van der Waals surface area contributed by atoms with Gasteiger partial charge in [0.2, 0.25) is 0 Å². The summed E-state index contributed by atoms with van der Waals surface area (Å²) >= 11 is 9.35. The lowest BCUT2D eigenvalue weighted by molar-refractivity contribution is -0.112. The number of amides is 1. The molecular weight excluding hydrogens is 474 g/mol. The quantitative estimate of drug-likeness (QED) is 0.251. The van der Waals surface area contributed by atoms with Crippen molar-refractivity contribution in [2.24, 2.45) is 0 Å². The molecule has 0 fully saturated rings. The molecule has 0 bridgehead atoms. The van der Waals surface area contributed by atoms with Gasteiger partial charge in [0.25, 0.3) is 5.91 Å². The van der Waals surface area contributed by atoms with Crippen molar-refractivity contribution in [3.05, 3.63) is 105 Å². The Hall–Kier alpha value is -3.33. The van der Waals surface area contributed by atoms with Crippen LogP contribution in [0.1, 0.15) is 11.1 Å². The molecule has 1 aromatic heterocycles. The molecule has 0 aliphatic carbocycles. The molecule has 1 N–H and O–H groups in total. The van der Waals surface area contributed by atoms with Crippen molar-refractivity contribution in [3.8, 4) is 6.07 Å². The number of para-hydroxylation sites is 1. The van der Waals surface area contributed by atoms with E-state index in [0.717, 1.165) is 26.5 Å². The predicted octanol–water partition coefficient (Wildman–Crippen LogP) is 6.65. The predicted molar refractivity (Wildman–Crippen MR) is 129 cm³/mol. The van der Waals surface area contributed by atoms with Crippen LogP contribution in [0, 0.1) is 11.3 Å². The van der Waals surface area contributed by atoms with Crippen molar-refractivity contribution in [3.63, 3.8) is 0 Å². The first-order valence-corrected chi connectivity index (χ1v) is 10.7. The van der Waals surface area contributed by atoms with Crippen molar-refractivity contribution in [2.75, 3.05) is 5.32 Å². The number of hydrogen-bond acceptors (Lipinski definition) is 2. The van der Waals surface area contributed by atoms with Crippen LogP contribution in [0.3, 0.4) is 0 Å². The molecule has 0 saturated heterocycles. The van der Waals surface area contributed by atoms with Gasteiger partial charge in [-0.3, -0.25) is 4.79 Å². The number of carbonyl (C=O) groups excluding carboxylic acids is 1. The van der Waals surface area contributed by atoms with Gasteiger partial charge in [-0.2, -0.15) is 5.26 Å². The fourth-order valence-corrected chi connectivity index (χ4v) is 3.73. The van der Waals surface area contributed by atoms with Crippen molar-refractivity contribution >= 4 is 56.1 Å². The highest BCUT2D eigenvalue weighted by molar-refractivity contribution is 9.10. The number of nitrogens with one attached hydrogen (secondary N) is 1. The van der Waals surface area contributed by atoms with E-state index in [2.05, 4.69) is 37.9 Å². The molecule has 4 aromatic rings. The van der Waals surface area contributed by atoms with Gasteiger partial charge in [0, 0.05) is 44.4 Å². The van der Waals surface area contributed by atoms with Crippen molar-refractivity contribution in [2.45, 2.75) is 6.54 Å². The lowest BCUT2D eigenvalue weighted by atomic mass is 10.1. The van der Waals surface area contributed by atoms with Crippen LogP contribution in [-0.4, -0.2) is 10.5 Å². The highest BCUT2D eigenvalue weighted by atomic mass is 79.9. The van der Waals surface area contributed by atoms with E-state index in [1.165, 1.54) is 0 Å². The Labute approximate surface area is 193 Å². The third-order valence-electron chi connectivity index (χ3n) is 4.85. The van der Waals surface area contributed by atoms with Gasteiger partial charge in [-0.1, -0.05) is 57.9 Å². The minimum absolute atomic E-state index is 0.0292. The summed E-state index contributed by atoms with van der Waals surface area (Å²) in [5, 5.41) is 13.9. The monoisotopic (exact) mass is 489 g/mol. The minimum atomic E-state index is -0.463. The molecule has 0 radical (unpaired) electrons. The highest BCUT2D eigenvalue weighted by Crippen LogP contribution is 2.25. The molecule has 0 aliphatic heterocycles. The lowest BCUT2D eigenvalue weighted by Gasteiger charge is -2.05. The average molecular weight is 491 g/mol. The molecule has 3 aromatic carbocycles. The maximum absolute atomic E-state index is 12.7. The Bertz CT molecular complexity index is 1320. The summed E-state index contributed by atoms with van der Waals surface area (Å²) in [6.07, 6.45) is 3.60. The van der Waals surface area contributed by atoms with E-state index in [4.69, 9.17) is 11.6 Å². The van der Waals surface area contributed by atoms with Gasteiger partial charge in [-0.25, -0.2) is 0 Å². The molecule has 0 aliphatic rings. The number of carbonyl (C=O) groups is 1. The smallest absolute Gasteiger partial charge is 0.266 e. The summed E-state index contributed by atoms with van der Waals surface area (Å²) in [7, 11) is 0. The molecule has 0 saturated carbocycles. The van der Waals surface area contributed by atoms with E-state index in [9.17, 15) is 10.1 Å². The normalized spacial score (nSPS) is 11.3. The third kappa shape index (κ3) is 4.88. The standard InChI is InChI=1S/C25H17BrClN3O/c26-20-7-5-17(6-8-20)15-30-16-19(23-3-1-2-4-24(23)30)13-18(14-28)25(31)29-22-11-9-21(27)10-12-22/h1-13,16H,15H2,(H,29,31)/b18-13+. The number of aromatic nitrogens is 1. The average Bonchev–Trinajstić information content (AvgIpc) is 3.12. The number of benzene rings is 3. The topological polar surface area (TPSA) is 57.8 Å². The summed E-state index contributed by atoms with van der Waals surface area (Å²) in [6, 6.07) is 24.9. The summed E-state index contributed by atoms with van der Waals surface area (Å²) in [5.41, 5.74) is 3.61. The van der Waals surface area contributed by atoms with Crippen LogP contribution in [0.25, 0.3) is 17.0 Å². The number of anilines is 1. The highest BCUT2D eigenvalue weighted by Gasteiger charge is 2.13. The van der Waals surface area contributed by atoms with Crippen LogP contribution in [0.15, 0.2) is 89.0 Å². The number of hydrogen-bond donors (Lipinski definition) is 1. The van der Waals surface area contributed by atoms with Crippen LogP contribution >= 0.6 is 27.5 Å². The zero-order valence-electron chi connectivity index (χ0n) is 16.3. The van der Waals surface area contributed by atoms with Crippen LogP contribution in [-0.2, 0) is 11.3 Å². The van der Waals surface area contributed by atoms with E-state index in [-0.39, 0.29) is 5.57 Å². The number of halogens is 2. The third-order valence-corrected chi connectivity index (χ3v) is 5.63. The van der Waals surface area contributed by atoms with Crippen molar-refractivity contribution in [1.29, 1.82) is 5.26 Å². The second kappa shape index (κ2) is 9.22. The van der Waals surface area contributed by atoms with E-state index >= 15 is 0 Å². The van der Waals surface area contributed by atoms with Gasteiger partial charge >= 0.3 is 0 Å². The van der Waals surface area contributed by atoms with Crippen molar-refractivity contribution in [1.82, 2.24) is 4.57 Å². The molecule has 4 rings (SSSR count). The Morgan fingerprint density at radius 2 is 1.77 bits per heavy atom. The van der Waals surface area contributed by atoms with Crippen LogP contribution in [0.2, 0.25) is 5.02 Å². The Kier molecular flexibility index (Phi) is 6.22. The van der Waals surface area contributed by atoms with Gasteiger partial charge < -0.3 is 9.88 Å². The molecule has 0 atom stereocenters. The van der Waals surface area contributed by atoms with Gasteiger partial charge in [0.15, 0.2) is 0 Å². The number of nitriles is 1. The molecule has 1 amide bonds. The summed E-state index contributed by atoms with van der Waals surface area (Å²) in [4.78, 5) is 12.7. The molecule has 4 nitrogen and oxygen atoms in total. The fraction of sp³-hybridized carbons (Fsp3) is 0.0400. The van der Waals surface area contributed by atoms with Gasteiger partial charge in [0.1, 0.15) is 11.6 Å². The van der Waals surface area contributed by atoms with Crippen LogP contribution in [0.5, 0.6) is 0 Å². The minimum Gasteiger partial charge on any atom is -0.342 e. The summed E-state index contributed by atoms with van der Waals surface area (Å²) in [6.45, 7) is 0.681. The number of fused-ring (bicyclic) bond motifs is 1. The Balaban J connectivity index is 1.66. The SMILES string of the molecule is N#C/C(=C\c1cn(Cc2ccc(Br)cc2)c2ccccc12)C(=O)Nc1ccc(Cl)cc1.